The minimum atomic E-state index is -3.78. The zero-order chi connectivity index (χ0) is 16.9. The number of hydrogen-bond acceptors (Lipinski definition) is 3. The predicted octanol–water partition coefficient (Wildman–Crippen LogP) is 3.17. The second-order valence-corrected chi connectivity index (χ2v) is 7.20. The molecule has 2 aromatic rings. The van der Waals surface area contributed by atoms with Crippen LogP contribution >= 0.6 is 15.9 Å². The van der Waals surface area contributed by atoms with Gasteiger partial charge in [0.15, 0.2) is 0 Å². The molecule has 0 aliphatic carbocycles. The van der Waals surface area contributed by atoms with Crippen LogP contribution in [0.1, 0.15) is 10.4 Å². The zero-order valence-corrected chi connectivity index (χ0v) is 14.5. The van der Waals surface area contributed by atoms with Gasteiger partial charge in [0.2, 0.25) is 0 Å². The summed E-state index contributed by atoms with van der Waals surface area (Å²) >= 11 is 3.26. The molecule has 2 N–H and O–H groups in total. The molecule has 0 saturated carbocycles. The van der Waals surface area contributed by atoms with E-state index in [9.17, 15) is 13.2 Å². The van der Waals surface area contributed by atoms with Crippen molar-refractivity contribution < 1.29 is 13.2 Å². The highest BCUT2D eigenvalue weighted by Gasteiger charge is 2.18. The Hall–Kier alpha value is -2.12. The second-order valence-electron chi connectivity index (χ2n) is 4.60. The summed E-state index contributed by atoms with van der Waals surface area (Å²) in [6.07, 6.45) is 1.55. The molecule has 2 rings (SSSR count). The molecular weight excluding hydrogens is 380 g/mol. The van der Waals surface area contributed by atoms with Crippen molar-refractivity contribution in [1.82, 2.24) is 5.32 Å². The minimum absolute atomic E-state index is 0.113. The molecule has 0 saturated heterocycles. The molecule has 1 amide bonds. The Morgan fingerprint density at radius 3 is 2.43 bits per heavy atom. The fourth-order valence-corrected chi connectivity index (χ4v) is 3.19. The van der Waals surface area contributed by atoms with Gasteiger partial charge in [-0.25, -0.2) is 8.42 Å². The Bertz CT molecular complexity index is 817. The summed E-state index contributed by atoms with van der Waals surface area (Å²) in [7, 11) is -3.78. The number of carbonyl (C=O) groups is 1. The number of halogens is 1. The van der Waals surface area contributed by atoms with Gasteiger partial charge in [0.1, 0.15) is 0 Å². The van der Waals surface area contributed by atoms with Gasteiger partial charge in [0.25, 0.3) is 15.9 Å². The van der Waals surface area contributed by atoms with Crippen LogP contribution < -0.4 is 10.0 Å². The van der Waals surface area contributed by atoms with Crippen molar-refractivity contribution in [2.24, 2.45) is 0 Å². The maximum atomic E-state index is 12.4. The lowest BCUT2D eigenvalue weighted by atomic mass is 10.1. The van der Waals surface area contributed by atoms with Gasteiger partial charge in [-0.15, -0.1) is 6.58 Å². The summed E-state index contributed by atoms with van der Waals surface area (Å²) in [6.45, 7) is 3.82. The molecule has 23 heavy (non-hydrogen) atoms. The zero-order valence-electron chi connectivity index (χ0n) is 12.1. The third kappa shape index (κ3) is 4.43. The van der Waals surface area contributed by atoms with Crippen molar-refractivity contribution in [3.05, 3.63) is 71.2 Å². The number of amides is 1. The highest BCUT2D eigenvalue weighted by atomic mass is 79.9. The standard InChI is InChI=1S/C16H15BrN2O3S/c1-2-11-18-16(20)14-5-3-4-6-15(14)19-23(21,22)13-9-7-12(17)8-10-13/h2-10,19H,1,11H2,(H,18,20). The average molecular weight is 395 g/mol. The Morgan fingerprint density at radius 1 is 1.13 bits per heavy atom. The van der Waals surface area contributed by atoms with Crippen LogP contribution in [0.4, 0.5) is 5.69 Å². The molecule has 7 heteroatoms. The molecule has 0 aliphatic rings. The summed E-state index contributed by atoms with van der Waals surface area (Å²) < 4.78 is 28.1. The molecular formula is C16H15BrN2O3S. The molecule has 0 bridgehead atoms. The first-order valence-corrected chi connectivity index (χ1v) is 8.98. The van der Waals surface area contributed by atoms with Crippen LogP contribution in [0.5, 0.6) is 0 Å². The van der Waals surface area contributed by atoms with Crippen molar-refractivity contribution in [2.45, 2.75) is 4.90 Å². The summed E-state index contributed by atoms with van der Waals surface area (Å²) in [5, 5.41) is 2.62. The number of sulfonamides is 1. The van der Waals surface area contributed by atoms with E-state index in [1.165, 1.54) is 12.1 Å². The largest absolute Gasteiger partial charge is 0.349 e. The summed E-state index contributed by atoms with van der Waals surface area (Å²) in [5.74, 6) is -0.376. The number of para-hydroxylation sites is 1. The monoisotopic (exact) mass is 394 g/mol. The first kappa shape index (κ1) is 17.2. The average Bonchev–Trinajstić information content (AvgIpc) is 2.53. The van der Waals surface area contributed by atoms with Crippen LogP contribution in [0.2, 0.25) is 0 Å². The fourth-order valence-electron chi connectivity index (χ4n) is 1.85. The van der Waals surface area contributed by atoms with Crippen LogP contribution in [0.25, 0.3) is 0 Å². The smallest absolute Gasteiger partial charge is 0.261 e. The number of rotatable bonds is 6. The van der Waals surface area contributed by atoms with E-state index in [1.54, 1.807) is 42.5 Å². The van der Waals surface area contributed by atoms with Gasteiger partial charge in [0.05, 0.1) is 16.1 Å². The van der Waals surface area contributed by atoms with Gasteiger partial charge in [-0.1, -0.05) is 34.1 Å². The van der Waals surface area contributed by atoms with E-state index in [4.69, 9.17) is 0 Å². The molecule has 5 nitrogen and oxygen atoms in total. The van der Waals surface area contributed by atoms with Gasteiger partial charge >= 0.3 is 0 Å². The maximum Gasteiger partial charge on any atom is 0.261 e. The molecule has 120 valence electrons. The Morgan fingerprint density at radius 2 is 1.78 bits per heavy atom. The first-order chi connectivity index (χ1) is 10.9. The van der Waals surface area contributed by atoms with E-state index < -0.39 is 10.0 Å². The van der Waals surface area contributed by atoms with Crippen molar-refractivity contribution >= 4 is 37.5 Å². The van der Waals surface area contributed by atoms with Crippen molar-refractivity contribution in [1.29, 1.82) is 0 Å². The third-order valence-electron chi connectivity index (χ3n) is 2.95. The fraction of sp³-hybridized carbons (Fsp3) is 0.0625. The highest BCUT2D eigenvalue weighted by Crippen LogP contribution is 2.21. The van der Waals surface area contributed by atoms with E-state index >= 15 is 0 Å². The SMILES string of the molecule is C=CCNC(=O)c1ccccc1NS(=O)(=O)c1ccc(Br)cc1. The molecule has 0 fully saturated rings. The Kier molecular flexibility index (Phi) is 5.57. The number of carbonyl (C=O) groups excluding carboxylic acids is 1. The van der Waals surface area contributed by atoms with Gasteiger partial charge in [-0.3, -0.25) is 9.52 Å². The second kappa shape index (κ2) is 7.43. The van der Waals surface area contributed by atoms with Crippen molar-refractivity contribution in [3.8, 4) is 0 Å². The summed E-state index contributed by atoms with van der Waals surface area (Å²) in [6, 6.07) is 12.6. The minimum Gasteiger partial charge on any atom is -0.349 e. The van der Waals surface area contributed by atoms with E-state index in [0.29, 0.717) is 6.54 Å². The number of anilines is 1. The van der Waals surface area contributed by atoms with Gasteiger partial charge < -0.3 is 5.32 Å². The van der Waals surface area contributed by atoms with Crippen LogP contribution in [0, 0.1) is 0 Å². The van der Waals surface area contributed by atoms with Crippen LogP contribution in [-0.4, -0.2) is 20.9 Å². The first-order valence-electron chi connectivity index (χ1n) is 6.70. The highest BCUT2D eigenvalue weighted by molar-refractivity contribution is 9.10. The lowest BCUT2D eigenvalue weighted by Gasteiger charge is -2.12. The predicted molar refractivity (Wildman–Crippen MR) is 93.9 cm³/mol. The Labute approximate surface area is 143 Å². The molecule has 0 atom stereocenters. The molecule has 0 heterocycles. The Balaban J connectivity index is 2.31. The normalized spacial score (nSPS) is 10.8. The number of nitrogens with one attached hydrogen (secondary N) is 2. The quantitative estimate of drug-likeness (QED) is 0.738. The van der Waals surface area contributed by atoms with E-state index in [0.717, 1.165) is 4.47 Å². The van der Waals surface area contributed by atoms with Crippen molar-refractivity contribution in [3.63, 3.8) is 0 Å². The van der Waals surface area contributed by atoms with Crippen molar-refractivity contribution in [2.75, 3.05) is 11.3 Å². The van der Waals surface area contributed by atoms with E-state index in [1.807, 2.05) is 0 Å². The van der Waals surface area contributed by atoms with Crippen LogP contribution in [0.3, 0.4) is 0 Å². The molecule has 0 aromatic heterocycles. The maximum absolute atomic E-state index is 12.4. The third-order valence-corrected chi connectivity index (χ3v) is 4.86. The van der Waals surface area contributed by atoms with Gasteiger partial charge in [-0.2, -0.15) is 0 Å². The molecule has 0 spiro atoms. The van der Waals surface area contributed by atoms with E-state index in [-0.39, 0.29) is 22.1 Å². The summed E-state index contributed by atoms with van der Waals surface area (Å²) in [4.78, 5) is 12.2. The molecule has 0 unspecified atom stereocenters. The number of benzene rings is 2. The topological polar surface area (TPSA) is 75.3 Å². The molecule has 2 aromatic carbocycles. The lowest BCUT2D eigenvalue weighted by molar-refractivity contribution is 0.0959. The van der Waals surface area contributed by atoms with Crippen LogP contribution in [-0.2, 0) is 10.0 Å². The molecule has 0 radical (unpaired) electrons. The lowest BCUT2D eigenvalue weighted by Crippen LogP contribution is -2.25. The molecule has 0 aliphatic heterocycles. The van der Waals surface area contributed by atoms with E-state index in [2.05, 4.69) is 32.5 Å². The van der Waals surface area contributed by atoms with Gasteiger partial charge in [-0.05, 0) is 36.4 Å². The van der Waals surface area contributed by atoms with Gasteiger partial charge in [0, 0.05) is 11.0 Å². The van der Waals surface area contributed by atoms with Crippen LogP contribution in [0.15, 0.2) is 70.6 Å². The number of hydrogen-bond donors (Lipinski definition) is 2. The summed E-state index contributed by atoms with van der Waals surface area (Å²) in [5.41, 5.74) is 0.465.